The summed E-state index contributed by atoms with van der Waals surface area (Å²) in [5.41, 5.74) is 1.25. The van der Waals surface area contributed by atoms with E-state index in [2.05, 4.69) is 15.4 Å². The van der Waals surface area contributed by atoms with E-state index in [1.54, 1.807) is 19.1 Å². The number of halogens is 2. The highest BCUT2D eigenvalue weighted by atomic mass is 35.5. The molecule has 0 saturated carbocycles. The number of nitrogens with zero attached hydrogens (tertiary/aromatic N) is 4. The van der Waals surface area contributed by atoms with Crippen molar-refractivity contribution in [2.24, 2.45) is 0 Å². The van der Waals surface area contributed by atoms with Gasteiger partial charge < -0.3 is 5.32 Å². The molecule has 172 valence electrons. The minimum Gasteiger partial charge on any atom is -0.309 e. The zero-order valence-corrected chi connectivity index (χ0v) is 20.4. The van der Waals surface area contributed by atoms with Crippen LogP contribution in [-0.4, -0.2) is 46.0 Å². The molecule has 1 N–H and O–H groups in total. The van der Waals surface area contributed by atoms with Gasteiger partial charge in [-0.15, -0.1) is 11.3 Å². The van der Waals surface area contributed by atoms with E-state index < -0.39 is 22.0 Å². The Labute approximate surface area is 201 Å². The monoisotopic (exact) mass is 525 g/mol. The highest BCUT2D eigenvalue weighted by Gasteiger charge is 2.40. The fourth-order valence-corrected chi connectivity index (χ4v) is 7.99. The number of nitrogens with one attached hydrogen (secondary N) is 1. The maximum Gasteiger partial charge on any atom is 0.253 e. The highest BCUT2D eigenvalue weighted by Crippen LogP contribution is 2.33. The van der Waals surface area contributed by atoms with E-state index in [0.717, 1.165) is 11.3 Å². The van der Waals surface area contributed by atoms with Crippen LogP contribution in [0.3, 0.4) is 0 Å². The summed E-state index contributed by atoms with van der Waals surface area (Å²) in [5.74, 6) is -0.454. The first kappa shape index (κ1) is 22.4. The molecule has 0 spiro atoms. The van der Waals surface area contributed by atoms with Crippen LogP contribution in [0.5, 0.6) is 0 Å². The van der Waals surface area contributed by atoms with Crippen molar-refractivity contribution in [1.82, 2.24) is 19.1 Å². The van der Waals surface area contributed by atoms with E-state index in [4.69, 9.17) is 11.6 Å². The van der Waals surface area contributed by atoms with Crippen LogP contribution in [-0.2, 0) is 14.8 Å². The summed E-state index contributed by atoms with van der Waals surface area (Å²) in [6.07, 6.45) is 0.968. The van der Waals surface area contributed by atoms with Gasteiger partial charge in [-0.2, -0.15) is 14.1 Å². The molecule has 0 radical (unpaired) electrons. The van der Waals surface area contributed by atoms with Gasteiger partial charge in [-0.05, 0) is 50.1 Å². The Kier molecular flexibility index (Phi) is 5.73. The molecule has 1 unspecified atom stereocenters. The number of carbonyl (C=O) groups excluding carboxylic acids is 1. The number of thiophene rings is 1. The lowest BCUT2D eigenvalue weighted by Crippen LogP contribution is -2.43. The molecule has 0 aliphatic carbocycles. The Balaban J connectivity index is 1.43. The molecule has 1 aromatic carbocycles. The first-order valence-corrected chi connectivity index (χ1v) is 13.4. The van der Waals surface area contributed by atoms with E-state index >= 15 is 0 Å². The van der Waals surface area contributed by atoms with Crippen molar-refractivity contribution >= 4 is 66.2 Å². The average Bonchev–Trinajstić information content (AvgIpc) is 3.53. The maximum absolute atomic E-state index is 13.6. The molecule has 1 atom stereocenters. The summed E-state index contributed by atoms with van der Waals surface area (Å²) in [6, 6.07) is 8.10. The Morgan fingerprint density at radius 3 is 2.82 bits per heavy atom. The Morgan fingerprint density at radius 2 is 2.06 bits per heavy atom. The van der Waals surface area contributed by atoms with Gasteiger partial charge in [-0.3, -0.25) is 4.79 Å². The lowest BCUT2D eigenvalue weighted by molar-refractivity contribution is -0.119. The van der Waals surface area contributed by atoms with Gasteiger partial charge in [0, 0.05) is 12.6 Å². The molecule has 33 heavy (non-hydrogen) atoms. The minimum absolute atomic E-state index is 0.106. The second kappa shape index (κ2) is 8.44. The highest BCUT2D eigenvalue weighted by molar-refractivity contribution is 7.91. The third-order valence-electron chi connectivity index (χ3n) is 5.22. The Hall–Kier alpha value is -2.38. The maximum atomic E-state index is 13.6. The number of aryl methyl sites for hydroxylation is 1. The summed E-state index contributed by atoms with van der Waals surface area (Å²) in [5, 5.41) is 7.68. The standard InChI is InChI=1S/C20H17ClFN5O3S3/c1-11-9-17(27(25-11)20-23-13-5-4-12(22)10-15(13)31-20)24-19(28)14-3-2-8-26(14)33(29,30)18-7-6-16(21)32-18/h4-7,9-10,14H,2-3,8H2,1H3,(H,24,28). The average molecular weight is 526 g/mol. The number of anilines is 1. The van der Waals surface area contributed by atoms with Gasteiger partial charge in [0.15, 0.2) is 0 Å². The largest absolute Gasteiger partial charge is 0.309 e. The zero-order chi connectivity index (χ0) is 23.3. The molecule has 5 rings (SSSR count). The van der Waals surface area contributed by atoms with Crippen molar-refractivity contribution in [1.29, 1.82) is 0 Å². The number of carbonyl (C=O) groups is 1. The molecule has 1 fully saturated rings. The Morgan fingerprint density at radius 1 is 1.24 bits per heavy atom. The molecule has 1 saturated heterocycles. The Bertz CT molecular complexity index is 1480. The minimum atomic E-state index is -3.84. The number of fused-ring (bicyclic) bond motifs is 1. The number of rotatable bonds is 5. The van der Waals surface area contributed by atoms with Gasteiger partial charge in [-0.1, -0.05) is 22.9 Å². The molecular formula is C20H17ClFN5O3S3. The van der Waals surface area contributed by atoms with E-state index in [9.17, 15) is 17.6 Å². The van der Waals surface area contributed by atoms with Gasteiger partial charge in [0.1, 0.15) is 21.9 Å². The molecule has 0 bridgehead atoms. The predicted octanol–water partition coefficient (Wildman–Crippen LogP) is 4.44. The van der Waals surface area contributed by atoms with E-state index in [0.29, 0.717) is 44.0 Å². The first-order valence-electron chi connectivity index (χ1n) is 9.93. The molecule has 4 aromatic rings. The van der Waals surface area contributed by atoms with Crippen molar-refractivity contribution < 1.29 is 17.6 Å². The van der Waals surface area contributed by atoms with Crippen molar-refractivity contribution in [3.8, 4) is 5.13 Å². The molecule has 13 heteroatoms. The predicted molar refractivity (Wildman–Crippen MR) is 126 cm³/mol. The van der Waals surface area contributed by atoms with Crippen LogP contribution < -0.4 is 5.32 Å². The molecule has 8 nitrogen and oxygen atoms in total. The lowest BCUT2D eigenvalue weighted by Gasteiger charge is -2.22. The van der Waals surface area contributed by atoms with Crippen LogP contribution >= 0.6 is 34.3 Å². The smallest absolute Gasteiger partial charge is 0.253 e. The number of benzene rings is 1. The van der Waals surface area contributed by atoms with Crippen LogP contribution in [0.15, 0.2) is 40.6 Å². The molecule has 1 aliphatic heterocycles. The molecule has 3 aromatic heterocycles. The number of aromatic nitrogens is 3. The SMILES string of the molecule is Cc1cc(NC(=O)C2CCCN2S(=O)(=O)c2ccc(Cl)s2)n(-c2nc3ccc(F)cc3s2)n1. The van der Waals surface area contributed by atoms with Crippen LogP contribution in [0.4, 0.5) is 10.2 Å². The lowest BCUT2D eigenvalue weighted by atomic mass is 10.2. The number of hydrogen-bond donors (Lipinski definition) is 1. The molecule has 1 amide bonds. The summed E-state index contributed by atoms with van der Waals surface area (Å²) < 4.78 is 43.5. The van der Waals surface area contributed by atoms with Gasteiger partial charge in [-0.25, -0.2) is 17.8 Å². The van der Waals surface area contributed by atoms with Crippen LogP contribution in [0, 0.1) is 12.7 Å². The first-order chi connectivity index (χ1) is 15.7. The summed E-state index contributed by atoms with van der Waals surface area (Å²) in [6.45, 7) is 2.02. The molecular weight excluding hydrogens is 509 g/mol. The fourth-order valence-electron chi connectivity index (χ4n) is 3.76. The van der Waals surface area contributed by atoms with Crippen molar-refractivity contribution in [3.05, 3.63) is 52.2 Å². The van der Waals surface area contributed by atoms with E-state index in [-0.39, 0.29) is 16.6 Å². The van der Waals surface area contributed by atoms with Gasteiger partial charge in [0.2, 0.25) is 11.0 Å². The molecule has 1 aliphatic rings. The topological polar surface area (TPSA) is 97.2 Å². The van der Waals surface area contributed by atoms with Crippen LogP contribution in [0.25, 0.3) is 15.3 Å². The summed E-state index contributed by atoms with van der Waals surface area (Å²) in [7, 11) is -3.84. The van der Waals surface area contributed by atoms with Crippen molar-refractivity contribution in [3.63, 3.8) is 0 Å². The fraction of sp³-hybridized carbons (Fsp3) is 0.250. The van der Waals surface area contributed by atoms with E-state index in [1.165, 1.54) is 44.6 Å². The van der Waals surface area contributed by atoms with Gasteiger partial charge >= 0.3 is 0 Å². The molecule has 4 heterocycles. The summed E-state index contributed by atoms with van der Waals surface area (Å²) >= 11 is 8.11. The third kappa shape index (κ3) is 4.17. The van der Waals surface area contributed by atoms with Gasteiger partial charge in [0.05, 0.1) is 20.2 Å². The third-order valence-corrected chi connectivity index (χ3v) is 9.82. The number of thiazole rings is 1. The zero-order valence-electron chi connectivity index (χ0n) is 17.2. The van der Waals surface area contributed by atoms with Crippen LogP contribution in [0.2, 0.25) is 4.34 Å². The number of hydrogen-bond acceptors (Lipinski definition) is 7. The normalized spacial score (nSPS) is 17.1. The summed E-state index contributed by atoms with van der Waals surface area (Å²) in [4.78, 5) is 17.7. The quantitative estimate of drug-likeness (QED) is 0.415. The van der Waals surface area contributed by atoms with Crippen molar-refractivity contribution in [2.75, 3.05) is 11.9 Å². The second-order valence-corrected chi connectivity index (χ2v) is 12.4. The number of amides is 1. The van der Waals surface area contributed by atoms with Crippen LogP contribution in [0.1, 0.15) is 18.5 Å². The van der Waals surface area contributed by atoms with Gasteiger partial charge in [0.25, 0.3) is 10.0 Å². The van der Waals surface area contributed by atoms with E-state index in [1.807, 2.05) is 0 Å². The second-order valence-electron chi connectivity index (χ2n) is 7.51. The number of sulfonamides is 1. The van der Waals surface area contributed by atoms with Crippen molar-refractivity contribution in [2.45, 2.75) is 30.0 Å².